The number of hydrogen-bond acceptors (Lipinski definition) is 4. The molecule has 3 rings (SSSR count). The lowest BCUT2D eigenvalue weighted by Gasteiger charge is -2.37. The van der Waals surface area contributed by atoms with Gasteiger partial charge in [-0.25, -0.2) is 0 Å². The van der Waals surface area contributed by atoms with Gasteiger partial charge in [-0.3, -0.25) is 9.69 Å². The van der Waals surface area contributed by atoms with E-state index in [9.17, 15) is 9.90 Å². The minimum atomic E-state index is -0.849. The second-order valence-electron chi connectivity index (χ2n) is 7.47. The highest BCUT2D eigenvalue weighted by atomic mass is 16.5. The van der Waals surface area contributed by atoms with Crippen molar-refractivity contribution in [2.45, 2.75) is 32.0 Å². The summed E-state index contributed by atoms with van der Waals surface area (Å²) in [6, 6.07) is 25.6. The minimum absolute atomic E-state index is 0.00106. The molecule has 3 aromatic rings. The van der Waals surface area contributed by atoms with Gasteiger partial charge < -0.3 is 14.6 Å². The lowest BCUT2D eigenvalue weighted by Crippen LogP contribution is -2.32. The Bertz CT molecular complexity index is 975. The molecular formula is C26H29NO4. The Hall–Kier alpha value is -3.31. The topological polar surface area (TPSA) is 59.0 Å². The highest BCUT2D eigenvalue weighted by Gasteiger charge is 2.29. The molecule has 5 heteroatoms. The van der Waals surface area contributed by atoms with Crippen LogP contribution in [-0.2, 0) is 11.3 Å². The molecule has 0 heterocycles. The van der Waals surface area contributed by atoms with Crippen LogP contribution in [0.2, 0.25) is 0 Å². The first-order valence-electron chi connectivity index (χ1n) is 10.3. The predicted octanol–water partition coefficient (Wildman–Crippen LogP) is 5.48. The maximum Gasteiger partial charge on any atom is 0.305 e. The number of carboxylic acid groups (broad SMARTS) is 1. The SMILES string of the molecule is COc1ccc([C@@H](CC(=O)O)N(Cc2ccccc2)[C@@H](C)c2ccccc2)cc1OC. The Balaban J connectivity index is 2.07. The molecule has 0 unspecified atom stereocenters. The summed E-state index contributed by atoms with van der Waals surface area (Å²) in [5.74, 6) is 0.353. The zero-order valence-corrected chi connectivity index (χ0v) is 18.2. The minimum Gasteiger partial charge on any atom is -0.493 e. The van der Waals surface area contributed by atoms with E-state index in [4.69, 9.17) is 9.47 Å². The smallest absolute Gasteiger partial charge is 0.305 e. The summed E-state index contributed by atoms with van der Waals surface area (Å²) in [5.41, 5.74) is 3.13. The highest BCUT2D eigenvalue weighted by molar-refractivity contribution is 5.68. The number of methoxy groups -OCH3 is 2. The van der Waals surface area contributed by atoms with Crippen LogP contribution in [0.1, 0.15) is 42.1 Å². The van der Waals surface area contributed by atoms with E-state index in [0.717, 1.165) is 16.7 Å². The standard InChI is InChI=1S/C26H29NO4/c1-19(21-12-8-5-9-13-21)27(18-20-10-6-4-7-11-20)23(17-26(28)29)22-14-15-24(30-2)25(16-22)31-3/h4-16,19,23H,17-18H2,1-3H3,(H,28,29)/t19-,23+/m0/s1. The Morgan fingerprint density at radius 1 is 0.871 bits per heavy atom. The lowest BCUT2D eigenvalue weighted by atomic mass is 9.96. The summed E-state index contributed by atoms with van der Waals surface area (Å²) >= 11 is 0. The zero-order valence-electron chi connectivity index (χ0n) is 18.2. The Morgan fingerprint density at radius 2 is 1.48 bits per heavy atom. The molecule has 3 aromatic carbocycles. The molecule has 0 saturated heterocycles. The average Bonchev–Trinajstić information content (AvgIpc) is 2.81. The third-order valence-electron chi connectivity index (χ3n) is 5.55. The van der Waals surface area contributed by atoms with Gasteiger partial charge in [-0.2, -0.15) is 0 Å². The molecule has 162 valence electrons. The van der Waals surface area contributed by atoms with Crippen LogP contribution in [0.5, 0.6) is 11.5 Å². The largest absolute Gasteiger partial charge is 0.493 e. The first-order valence-corrected chi connectivity index (χ1v) is 10.3. The molecule has 0 amide bonds. The zero-order chi connectivity index (χ0) is 22.2. The number of carbonyl (C=O) groups is 1. The second-order valence-corrected chi connectivity index (χ2v) is 7.47. The quantitative estimate of drug-likeness (QED) is 0.471. The van der Waals surface area contributed by atoms with Crippen LogP contribution in [0.25, 0.3) is 0 Å². The molecule has 2 atom stereocenters. The molecule has 0 aliphatic rings. The van der Waals surface area contributed by atoms with E-state index >= 15 is 0 Å². The third kappa shape index (κ3) is 5.64. The fraction of sp³-hybridized carbons (Fsp3) is 0.269. The van der Waals surface area contributed by atoms with Gasteiger partial charge in [0.05, 0.1) is 20.6 Å². The van der Waals surface area contributed by atoms with Gasteiger partial charge in [0.1, 0.15) is 0 Å². The molecule has 31 heavy (non-hydrogen) atoms. The maximum atomic E-state index is 11.9. The van der Waals surface area contributed by atoms with E-state index < -0.39 is 5.97 Å². The van der Waals surface area contributed by atoms with Gasteiger partial charge >= 0.3 is 5.97 Å². The van der Waals surface area contributed by atoms with Gasteiger partial charge in [-0.1, -0.05) is 66.7 Å². The number of hydrogen-bond donors (Lipinski definition) is 1. The van der Waals surface area contributed by atoms with E-state index in [-0.39, 0.29) is 18.5 Å². The molecule has 0 aromatic heterocycles. The summed E-state index contributed by atoms with van der Waals surface area (Å²) < 4.78 is 10.9. The fourth-order valence-electron chi connectivity index (χ4n) is 3.89. The van der Waals surface area contributed by atoms with Crippen LogP contribution in [0.3, 0.4) is 0 Å². The van der Waals surface area contributed by atoms with Crippen molar-refractivity contribution in [3.63, 3.8) is 0 Å². The summed E-state index contributed by atoms with van der Waals surface area (Å²) in [4.78, 5) is 14.1. The first-order chi connectivity index (χ1) is 15.0. The van der Waals surface area contributed by atoms with Crippen LogP contribution in [-0.4, -0.2) is 30.2 Å². The van der Waals surface area contributed by atoms with Crippen LogP contribution in [0.4, 0.5) is 0 Å². The summed E-state index contributed by atoms with van der Waals surface area (Å²) in [7, 11) is 3.17. The van der Waals surface area contributed by atoms with Crippen molar-refractivity contribution in [1.82, 2.24) is 4.90 Å². The van der Waals surface area contributed by atoms with Gasteiger partial charge in [0, 0.05) is 18.6 Å². The van der Waals surface area contributed by atoms with Gasteiger partial charge in [0.2, 0.25) is 0 Å². The van der Waals surface area contributed by atoms with Crippen LogP contribution in [0.15, 0.2) is 78.9 Å². The van der Waals surface area contributed by atoms with E-state index in [2.05, 4.69) is 36.1 Å². The summed E-state index contributed by atoms with van der Waals surface area (Å²) in [5, 5.41) is 9.76. The number of rotatable bonds is 10. The van der Waals surface area contributed by atoms with E-state index in [1.165, 1.54) is 0 Å². The Kier molecular flexibility index (Phi) is 7.68. The van der Waals surface area contributed by atoms with Gasteiger partial charge in [-0.15, -0.1) is 0 Å². The van der Waals surface area contributed by atoms with Gasteiger partial charge in [-0.05, 0) is 35.7 Å². The van der Waals surface area contributed by atoms with E-state index in [1.54, 1.807) is 14.2 Å². The summed E-state index contributed by atoms with van der Waals surface area (Å²) in [6.45, 7) is 2.73. The normalized spacial score (nSPS) is 12.9. The van der Waals surface area contributed by atoms with Crippen molar-refractivity contribution >= 4 is 5.97 Å². The molecular weight excluding hydrogens is 390 g/mol. The molecule has 0 radical (unpaired) electrons. The number of carboxylic acids is 1. The molecule has 0 spiro atoms. The van der Waals surface area contributed by atoms with Crippen LogP contribution >= 0.6 is 0 Å². The molecule has 0 fully saturated rings. The maximum absolute atomic E-state index is 11.9. The number of benzene rings is 3. The van der Waals surface area contributed by atoms with Crippen molar-refractivity contribution in [3.05, 3.63) is 95.6 Å². The molecule has 0 saturated carbocycles. The Labute approximate surface area is 183 Å². The van der Waals surface area contributed by atoms with E-state index in [1.807, 2.05) is 54.6 Å². The van der Waals surface area contributed by atoms with Gasteiger partial charge in [0.15, 0.2) is 11.5 Å². The van der Waals surface area contributed by atoms with Crippen molar-refractivity contribution in [2.24, 2.45) is 0 Å². The third-order valence-corrected chi connectivity index (χ3v) is 5.55. The van der Waals surface area contributed by atoms with Gasteiger partial charge in [0.25, 0.3) is 0 Å². The first kappa shape index (κ1) is 22.4. The molecule has 0 aliphatic heterocycles. The number of aliphatic carboxylic acids is 1. The molecule has 0 aliphatic carbocycles. The van der Waals surface area contributed by atoms with E-state index in [0.29, 0.717) is 18.0 Å². The predicted molar refractivity (Wildman–Crippen MR) is 121 cm³/mol. The second kappa shape index (κ2) is 10.6. The van der Waals surface area contributed by atoms with Crippen molar-refractivity contribution in [2.75, 3.05) is 14.2 Å². The lowest BCUT2D eigenvalue weighted by molar-refractivity contribution is -0.138. The highest BCUT2D eigenvalue weighted by Crippen LogP contribution is 2.38. The molecule has 0 bridgehead atoms. The number of ether oxygens (including phenoxy) is 2. The van der Waals surface area contributed by atoms with Crippen molar-refractivity contribution < 1.29 is 19.4 Å². The average molecular weight is 420 g/mol. The fourth-order valence-corrected chi connectivity index (χ4v) is 3.89. The Morgan fingerprint density at radius 3 is 2.06 bits per heavy atom. The van der Waals surface area contributed by atoms with Crippen molar-refractivity contribution in [3.8, 4) is 11.5 Å². The van der Waals surface area contributed by atoms with Crippen LogP contribution < -0.4 is 9.47 Å². The summed E-state index contributed by atoms with van der Waals surface area (Å²) in [6.07, 6.45) is -0.0283. The van der Waals surface area contributed by atoms with Crippen molar-refractivity contribution in [1.29, 1.82) is 0 Å². The molecule has 5 nitrogen and oxygen atoms in total. The van der Waals surface area contributed by atoms with Crippen LogP contribution in [0, 0.1) is 0 Å². The molecule has 1 N–H and O–H groups in total. The monoisotopic (exact) mass is 419 g/mol. The number of nitrogens with zero attached hydrogens (tertiary/aromatic N) is 1.